The molecule has 26 heavy (non-hydrogen) atoms. The Labute approximate surface area is 155 Å². The summed E-state index contributed by atoms with van der Waals surface area (Å²) in [7, 11) is 1.72. The fourth-order valence-corrected chi connectivity index (χ4v) is 3.39. The van der Waals surface area contributed by atoms with Crippen LogP contribution < -0.4 is 15.8 Å². The maximum absolute atomic E-state index is 12.5. The van der Waals surface area contributed by atoms with E-state index >= 15 is 0 Å². The zero-order chi connectivity index (χ0) is 19.0. The van der Waals surface area contributed by atoms with Crippen LogP contribution in [0.15, 0.2) is 30.3 Å². The highest BCUT2D eigenvalue weighted by atomic mass is 16.5. The Bertz CT molecular complexity index is 866. The number of methoxy groups -OCH3 is 1. The summed E-state index contributed by atoms with van der Waals surface area (Å²) in [6, 6.07) is 9.70. The number of fused-ring (bicyclic) bond motifs is 1. The fourth-order valence-electron chi connectivity index (χ4n) is 3.39. The van der Waals surface area contributed by atoms with Crippen molar-refractivity contribution < 1.29 is 9.53 Å². The van der Waals surface area contributed by atoms with Gasteiger partial charge in [-0.15, -0.1) is 0 Å². The lowest BCUT2D eigenvalue weighted by atomic mass is 9.90. The smallest absolute Gasteiger partial charge is 0.256 e. The third-order valence-corrected chi connectivity index (χ3v) is 4.75. The van der Waals surface area contributed by atoms with Crippen LogP contribution in [0.1, 0.15) is 61.8 Å². The normalized spacial score (nSPS) is 14.9. The van der Waals surface area contributed by atoms with Crippen LogP contribution >= 0.6 is 0 Å². The number of nitrogens with one attached hydrogen (secondary N) is 1. The molecule has 3 N–H and O–H groups in total. The molecular formula is C22H26N2O2. The van der Waals surface area contributed by atoms with E-state index in [1.807, 2.05) is 18.2 Å². The molecule has 0 saturated heterocycles. The number of carbonyl (C=O) groups excluding carboxylic acids is 1. The van der Waals surface area contributed by atoms with E-state index in [1.165, 1.54) is 0 Å². The summed E-state index contributed by atoms with van der Waals surface area (Å²) in [4.78, 5) is 12.5. The van der Waals surface area contributed by atoms with Crippen LogP contribution in [0.2, 0.25) is 0 Å². The number of benzene rings is 2. The van der Waals surface area contributed by atoms with E-state index in [2.05, 4.69) is 45.1 Å². The van der Waals surface area contributed by atoms with E-state index < -0.39 is 0 Å². The van der Waals surface area contributed by atoms with E-state index in [0.29, 0.717) is 23.1 Å². The summed E-state index contributed by atoms with van der Waals surface area (Å²) >= 11 is 0. The first-order chi connectivity index (χ1) is 12.3. The number of hydrogen-bond donors (Lipinski definition) is 2. The maximum atomic E-state index is 12.5. The van der Waals surface area contributed by atoms with Gasteiger partial charge in [0, 0.05) is 22.5 Å². The molecule has 136 valence electrons. The molecule has 2 aromatic rings. The predicted octanol–water partition coefficient (Wildman–Crippen LogP) is 5.02. The summed E-state index contributed by atoms with van der Waals surface area (Å²) < 4.78 is 5.70. The van der Waals surface area contributed by atoms with E-state index in [4.69, 9.17) is 10.5 Å². The van der Waals surface area contributed by atoms with Crippen molar-refractivity contribution >= 4 is 28.9 Å². The number of ether oxygens (including phenoxy) is 1. The first-order valence-corrected chi connectivity index (χ1v) is 8.96. The minimum absolute atomic E-state index is 0.0985. The van der Waals surface area contributed by atoms with Crippen molar-refractivity contribution in [2.75, 3.05) is 18.2 Å². The van der Waals surface area contributed by atoms with E-state index in [-0.39, 0.29) is 5.91 Å². The van der Waals surface area contributed by atoms with Crippen molar-refractivity contribution in [1.29, 1.82) is 0 Å². The second-order valence-corrected chi connectivity index (χ2v) is 7.36. The molecule has 0 spiro atoms. The van der Waals surface area contributed by atoms with E-state index in [9.17, 15) is 4.79 Å². The number of nitrogens with two attached hydrogens (primary N) is 1. The topological polar surface area (TPSA) is 64.3 Å². The third kappa shape index (κ3) is 3.19. The number of carbonyl (C=O) groups is 1. The Hall–Kier alpha value is -2.75. The molecule has 4 nitrogen and oxygen atoms in total. The highest BCUT2D eigenvalue weighted by Gasteiger charge is 2.25. The lowest BCUT2D eigenvalue weighted by Crippen LogP contribution is -2.04. The van der Waals surface area contributed by atoms with Gasteiger partial charge in [-0.1, -0.05) is 27.7 Å². The number of anilines is 2. The van der Waals surface area contributed by atoms with Crippen molar-refractivity contribution in [3.63, 3.8) is 0 Å². The Morgan fingerprint density at radius 2 is 1.65 bits per heavy atom. The van der Waals surface area contributed by atoms with Crippen LogP contribution in [-0.2, 0) is 4.79 Å². The number of rotatable bonds is 4. The lowest BCUT2D eigenvalue weighted by molar-refractivity contribution is -0.110. The highest BCUT2D eigenvalue weighted by Crippen LogP contribution is 2.38. The standard InChI is InChI=1S/C22H26N2O2/c1-12(2)16-8-14(9-17(13(3)4)21(16)26-5)10-19-18-11-15(23)6-7-20(18)24-22(19)25/h6-13H,23H2,1-5H3,(H,24,25). The van der Waals surface area contributed by atoms with Gasteiger partial charge in [-0.2, -0.15) is 0 Å². The molecule has 0 fully saturated rings. The summed E-state index contributed by atoms with van der Waals surface area (Å²) in [5.41, 5.74) is 12.2. The van der Waals surface area contributed by atoms with Crippen LogP contribution in [0, 0.1) is 0 Å². The van der Waals surface area contributed by atoms with Crippen LogP contribution in [0.3, 0.4) is 0 Å². The van der Waals surface area contributed by atoms with Gasteiger partial charge in [0.15, 0.2) is 0 Å². The second-order valence-electron chi connectivity index (χ2n) is 7.36. The highest BCUT2D eigenvalue weighted by molar-refractivity contribution is 6.35. The quantitative estimate of drug-likeness (QED) is 0.601. The second kappa shape index (κ2) is 6.87. The molecule has 1 heterocycles. The van der Waals surface area contributed by atoms with Crippen LogP contribution in [0.5, 0.6) is 5.75 Å². The average Bonchev–Trinajstić information content (AvgIpc) is 2.89. The van der Waals surface area contributed by atoms with Gasteiger partial charge in [-0.25, -0.2) is 0 Å². The van der Waals surface area contributed by atoms with Crippen molar-refractivity contribution in [3.8, 4) is 5.75 Å². The number of amides is 1. The van der Waals surface area contributed by atoms with Gasteiger partial charge >= 0.3 is 0 Å². The predicted molar refractivity (Wildman–Crippen MR) is 109 cm³/mol. The lowest BCUT2D eigenvalue weighted by Gasteiger charge is -2.19. The van der Waals surface area contributed by atoms with Gasteiger partial charge in [-0.3, -0.25) is 4.79 Å². The molecule has 1 aliphatic rings. The minimum Gasteiger partial charge on any atom is -0.496 e. The first-order valence-electron chi connectivity index (χ1n) is 8.96. The van der Waals surface area contributed by atoms with Crippen LogP contribution in [-0.4, -0.2) is 13.0 Å². The van der Waals surface area contributed by atoms with E-state index in [0.717, 1.165) is 33.7 Å². The summed E-state index contributed by atoms with van der Waals surface area (Å²) in [5.74, 6) is 1.48. The van der Waals surface area contributed by atoms with Gasteiger partial charge < -0.3 is 15.8 Å². The van der Waals surface area contributed by atoms with Crippen molar-refractivity contribution in [1.82, 2.24) is 0 Å². The van der Waals surface area contributed by atoms with Gasteiger partial charge in [0.2, 0.25) is 0 Å². The molecule has 0 atom stereocenters. The molecular weight excluding hydrogens is 324 g/mol. The average molecular weight is 350 g/mol. The number of hydrogen-bond acceptors (Lipinski definition) is 3. The zero-order valence-electron chi connectivity index (χ0n) is 16.0. The molecule has 1 aliphatic heterocycles. The largest absolute Gasteiger partial charge is 0.496 e. The monoisotopic (exact) mass is 350 g/mol. The third-order valence-electron chi connectivity index (χ3n) is 4.75. The molecule has 4 heteroatoms. The van der Waals surface area contributed by atoms with Crippen molar-refractivity contribution in [2.24, 2.45) is 0 Å². The maximum Gasteiger partial charge on any atom is 0.256 e. The van der Waals surface area contributed by atoms with E-state index in [1.54, 1.807) is 13.2 Å². The molecule has 0 aliphatic carbocycles. The van der Waals surface area contributed by atoms with Gasteiger partial charge in [0.1, 0.15) is 5.75 Å². The summed E-state index contributed by atoms with van der Waals surface area (Å²) in [6.07, 6.45) is 1.94. The molecule has 2 aromatic carbocycles. The van der Waals surface area contributed by atoms with Gasteiger partial charge in [0.25, 0.3) is 5.91 Å². The Morgan fingerprint density at radius 1 is 1.04 bits per heavy atom. The molecule has 0 unspecified atom stereocenters. The molecule has 0 aromatic heterocycles. The Balaban J connectivity index is 2.18. The SMILES string of the molecule is COc1c(C(C)C)cc(C=C2C(=O)Nc3ccc(N)cc32)cc1C(C)C. The Morgan fingerprint density at radius 3 is 2.19 bits per heavy atom. The van der Waals surface area contributed by atoms with Crippen molar-refractivity contribution in [3.05, 3.63) is 52.6 Å². The number of nitrogen functional groups attached to an aromatic ring is 1. The molecule has 0 radical (unpaired) electrons. The minimum atomic E-state index is -0.0985. The molecule has 3 rings (SSSR count). The van der Waals surface area contributed by atoms with Crippen LogP contribution in [0.25, 0.3) is 11.6 Å². The molecule has 1 amide bonds. The summed E-state index contributed by atoms with van der Waals surface area (Å²) in [6.45, 7) is 8.60. The Kier molecular flexibility index (Phi) is 4.77. The molecule has 0 bridgehead atoms. The first kappa shape index (κ1) is 18.1. The van der Waals surface area contributed by atoms with Crippen LogP contribution in [0.4, 0.5) is 11.4 Å². The van der Waals surface area contributed by atoms with Gasteiger partial charge in [0.05, 0.1) is 7.11 Å². The summed E-state index contributed by atoms with van der Waals surface area (Å²) in [5, 5.41) is 2.90. The van der Waals surface area contributed by atoms with Crippen molar-refractivity contribution in [2.45, 2.75) is 39.5 Å². The zero-order valence-corrected chi connectivity index (χ0v) is 16.0. The fraction of sp³-hybridized carbons (Fsp3) is 0.318. The van der Waals surface area contributed by atoms with Gasteiger partial charge in [-0.05, 0) is 64.9 Å². The molecule has 0 saturated carbocycles.